The van der Waals surface area contributed by atoms with Gasteiger partial charge in [0, 0.05) is 0 Å². The summed E-state index contributed by atoms with van der Waals surface area (Å²) in [6.07, 6.45) is 0. The summed E-state index contributed by atoms with van der Waals surface area (Å²) in [4.78, 5) is 15.3. The highest BCUT2D eigenvalue weighted by molar-refractivity contribution is 5.74. The van der Waals surface area contributed by atoms with Crippen molar-refractivity contribution in [2.45, 2.75) is 13.0 Å². The largest absolute Gasteiger partial charge is 0.368 e. The lowest BCUT2D eigenvalue weighted by Gasteiger charge is -2.12. The fourth-order valence-electron chi connectivity index (χ4n) is 1.05. The maximum absolute atomic E-state index is 10.4. The molecule has 1 unspecified atom stereocenters. The second kappa shape index (κ2) is 5.36. The van der Waals surface area contributed by atoms with Gasteiger partial charge in [0.25, 0.3) is 0 Å². The van der Waals surface area contributed by atoms with Crippen LogP contribution in [-0.2, 0) is 9.63 Å². The van der Waals surface area contributed by atoms with Gasteiger partial charge < -0.3 is 5.73 Å². The first kappa shape index (κ1) is 10.7. The number of nitrogens with one attached hydrogen (secondary N) is 1. The zero-order chi connectivity index (χ0) is 10.4. The Morgan fingerprint density at radius 2 is 2.14 bits per heavy atom. The number of nitrogens with two attached hydrogens (primary N) is 1. The number of carbonyl (C=O) groups excluding carboxylic acids is 1. The Labute approximate surface area is 83.0 Å². The van der Waals surface area contributed by atoms with Crippen LogP contribution in [0.15, 0.2) is 30.3 Å². The Bertz CT molecular complexity index is 287. The van der Waals surface area contributed by atoms with Crippen molar-refractivity contribution in [1.82, 2.24) is 5.48 Å². The van der Waals surface area contributed by atoms with Crippen LogP contribution in [-0.4, -0.2) is 12.5 Å². The van der Waals surface area contributed by atoms with E-state index in [1.54, 1.807) is 0 Å². The summed E-state index contributed by atoms with van der Waals surface area (Å²) in [7, 11) is 0. The molecule has 4 nitrogen and oxygen atoms in total. The number of primary amides is 1. The fraction of sp³-hybridized carbons (Fsp3) is 0.300. The van der Waals surface area contributed by atoms with Crippen LogP contribution in [0.1, 0.15) is 18.5 Å². The molecular formula is C10H14N2O2. The molecule has 0 aliphatic rings. The van der Waals surface area contributed by atoms with Crippen molar-refractivity contribution in [3.63, 3.8) is 0 Å². The van der Waals surface area contributed by atoms with Crippen molar-refractivity contribution < 1.29 is 9.63 Å². The molecule has 0 saturated carbocycles. The summed E-state index contributed by atoms with van der Waals surface area (Å²) in [6.45, 7) is 1.83. The molecule has 1 rings (SSSR count). The van der Waals surface area contributed by atoms with Gasteiger partial charge in [-0.05, 0) is 12.5 Å². The predicted octanol–water partition coefficient (Wildman–Crippen LogP) is 0.754. The monoisotopic (exact) mass is 194 g/mol. The molecule has 1 atom stereocenters. The molecule has 14 heavy (non-hydrogen) atoms. The smallest absolute Gasteiger partial charge is 0.245 e. The fourth-order valence-corrected chi connectivity index (χ4v) is 1.05. The zero-order valence-electron chi connectivity index (χ0n) is 8.07. The molecule has 0 heterocycles. The van der Waals surface area contributed by atoms with Crippen molar-refractivity contribution >= 4 is 5.91 Å². The van der Waals surface area contributed by atoms with Gasteiger partial charge in [-0.25, -0.2) is 0 Å². The van der Waals surface area contributed by atoms with E-state index in [-0.39, 0.29) is 12.6 Å². The number of carbonyl (C=O) groups is 1. The third-order valence-corrected chi connectivity index (χ3v) is 1.77. The molecule has 4 heteroatoms. The van der Waals surface area contributed by atoms with Crippen LogP contribution in [0.2, 0.25) is 0 Å². The van der Waals surface area contributed by atoms with Crippen LogP contribution in [0.25, 0.3) is 0 Å². The summed E-state index contributed by atoms with van der Waals surface area (Å²) < 4.78 is 0. The highest BCUT2D eigenvalue weighted by Crippen LogP contribution is 2.10. The molecule has 0 radical (unpaired) electrons. The molecule has 76 valence electrons. The lowest BCUT2D eigenvalue weighted by atomic mass is 10.1. The molecule has 0 fully saturated rings. The number of rotatable bonds is 5. The van der Waals surface area contributed by atoms with Crippen molar-refractivity contribution in [1.29, 1.82) is 0 Å². The number of benzene rings is 1. The van der Waals surface area contributed by atoms with Gasteiger partial charge in [-0.15, -0.1) is 0 Å². The zero-order valence-corrected chi connectivity index (χ0v) is 8.07. The van der Waals surface area contributed by atoms with Gasteiger partial charge in [0.15, 0.2) is 0 Å². The maximum Gasteiger partial charge on any atom is 0.245 e. The van der Waals surface area contributed by atoms with E-state index in [0.29, 0.717) is 0 Å². The molecule has 1 aromatic carbocycles. The Balaban J connectivity index is 2.36. The SMILES string of the molecule is CC(NOCC(N)=O)c1ccccc1. The molecule has 1 amide bonds. The number of amides is 1. The van der Waals surface area contributed by atoms with Crippen LogP contribution in [0.3, 0.4) is 0 Å². The highest BCUT2D eigenvalue weighted by atomic mass is 16.6. The first-order chi connectivity index (χ1) is 6.70. The van der Waals surface area contributed by atoms with Crippen molar-refractivity contribution in [2.24, 2.45) is 5.73 Å². The minimum absolute atomic E-state index is 0.0375. The minimum atomic E-state index is -0.488. The van der Waals surface area contributed by atoms with E-state index in [1.165, 1.54) is 0 Å². The van der Waals surface area contributed by atoms with E-state index in [9.17, 15) is 4.79 Å². The molecule has 0 aliphatic carbocycles. The average Bonchev–Trinajstić information content (AvgIpc) is 2.18. The van der Waals surface area contributed by atoms with Gasteiger partial charge >= 0.3 is 0 Å². The predicted molar refractivity (Wildman–Crippen MR) is 53.1 cm³/mol. The van der Waals surface area contributed by atoms with Crippen molar-refractivity contribution in [2.75, 3.05) is 6.61 Å². The lowest BCUT2D eigenvalue weighted by molar-refractivity contribution is -0.126. The normalized spacial score (nSPS) is 12.4. The molecule has 0 aliphatic heterocycles. The first-order valence-corrected chi connectivity index (χ1v) is 4.40. The summed E-state index contributed by atoms with van der Waals surface area (Å²) in [5.74, 6) is -0.488. The van der Waals surface area contributed by atoms with Crippen LogP contribution >= 0.6 is 0 Å². The Kier molecular flexibility index (Phi) is 4.10. The second-order valence-electron chi connectivity index (χ2n) is 3.01. The number of hydrogen-bond donors (Lipinski definition) is 2. The molecule has 0 spiro atoms. The topological polar surface area (TPSA) is 64.3 Å². The quantitative estimate of drug-likeness (QED) is 0.680. The van der Waals surface area contributed by atoms with Gasteiger partial charge in [0.05, 0.1) is 6.04 Å². The summed E-state index contributed by atoms with van der Waals surface area (Å²) >= 11 is 0. The van der Waals surface area contributed by atoms with Crippen molar-refractivity contribution in [3.8, 4) is 0 Å². The van der Waals surface area contributed by atoms with Gasteiger partial charge in [-0.2, -0.15) is 5.48 Å². The van der Waals surface area contributed by atoms with Gasteiger partial charge in [-0.1, -0.05) is 30.3 Å². The molecular weight excluding hydrogens is 180 g/mol. The van der Waals surface area contributed by atoms with E-state index in [2.05, 4.69) is 5.48 Å². The van der Waals surface area contributed by atoms with Gasteiger partial charge in [0.2, 0.25) is 5.91 Å². The summed E-state index contributed by atoms with van der Waals surface area (Å²) in [5, 5.41) is 0. The summed E-state index contributed by atoms with van der Waals surface area (Å²) in [6, 6.07) is 9.83. The molecule has 1 aromatic rings. The van der Waals surface area contributed by atoms with Crippen LogP contribution in [0.5, 0.6) is 0 Å². The van der Waals surface area contributed by atoms with Crippen LogP contribution < -0.4 is 11.2 Å². The average molecular weight is 194 g/mol. The number of hydrogen-bond acceptors (Lipinski definition) is 3. The van der Waals surface area contributed by atoms with E-state index in [1.807, 2.05) is 37.3 Å². The lowest BCUT2D eigenvalue weighted by Crippen LogP contribution is -2.26. The molecule has 3 N–H and O–H groups in total. The first-order valence-electron chi connectivity index (χ1n) is 4.40. The van der Waals surface area contributed by atoms with E-state index < -0.39 is 5.91 Å². The standard InChI is InChI=1S/C10H14N2O2/c1-8(12-14-7-10(11)13)9-5-3-2-4-6-9/h2-6,8,12H,7H2,1H3,(H2,11,13). The van der Waals surface area contributed by atoms with Crippen LogP contribution in [0.4, 0.5) is 0 Å². The van der Waals surface area contributed by atoms with Crippen molar-refractivity contribution in [3.05, 3.63) is 35.9 Å². The van der Waals surface area contributed by atoms with Crippen LogP contribution in [0, 0.1) is 0 Å². The Hall–Kier alpha value is -1.39. The Morgan fingerprint density at radius 3 is 2.71 bits per heavy atom. The molecule has 0 saturated heterocycles. The van der Waals surface area contributed by atoms with E-state index in [4.69, 9.17) is 10.6 Å². The van der Waals surface area contributed by atoms with E-state index >= 15 is 0 Å². The maximum atomic E-state index is 10.4. The Morgan fingerprint density at radius 1 is 1.50 bits per heavy atom. The highest BCUT2D eigenvalue weighted by Gasteiger charge is 2.03. The summed E-state index contributed by atoms with van der Waals surface area (Å²) in [5.41, 5.74) is 8.74. The molecule has 0 bridgehead atoms. The second-order valence-corrected chi connectivity index (χ2v) is 3.01. The van der Waals surface area contributed by atoms with Gasteiger partial charge in [-0.3, -0.25) is 9.63 Å². The van der Waals surface area contributed by atoms with E-state index in [0.717, 1.165) is 5.56 Å². The number of hydroxylamine groups is 1. The minimum Gasteiger partial charge on any atom is -0.368 e. The van der Waals surface area contributed by atoms with Gasteiger partial charge in [0.1, 0.15) is 6.61 Å². The third-order valence-electron chi connectivity index (χ3n) is 1.77. The third kappa shape index (κ3) is 3.55. The molecule has 0 aromatic heterocycles.